The molecule has 0 unspecified atom stereocenters. The predicted molar refractivity (Wildman–Crippen MR) is 83.4 cm³/mol. The van der Waals surface area contributed by atoms with E-state index >= 15 is 0 Å². The van der Waals surface area contributed by atoms with E-state index in [1.165, 1.54) is 6.26 Å². The van der Waals surface area contributed by atoms with Gasteiger partial charge in [0.1, 0.15) is 6.26 Å². The van der Waals surface area contributed by atoms with Crippen LogP contribution in [0.25, 0.3) is 11.5 Å². The summed E-state index contributed by atoms with van der Waals surface area (Å²) in [4.78, 5) is 16.1. The first kappa shape index (κ1) is 16.2. The van der Waals surface area contributed by atoms with Gasteiger partial charge in [-0.3, -0.25) is 4.79 Å². The van der Waals surface area contributed by atoms with E-state index in [1.807, 2.05) is 30.3 Å². The highest BCUT2D eigenvalue weighted by molar-refractivity contribution is 5.78. The Morgan fingerprint density at radius 3 is 2.82 bits per heavy atom. The van der Waals surface area contributed by atoms with Crippen molar-refractivity contribution in [1.82, 2.24) is 15.6 Å². The summed E-state index contributed by atoms with van der Waals surface area (Å²) in [5.41, 5.74) is 1.53. The summed E-state index contributed by atoms with van der Waals surface area (Å²) in [6.07, 6.45) is 1.74. The van der Waals surface area contributed by atoms with Gasteiger partial charge in [0.05, 0.1) is 18.7 Å². The molecule has 118 valence electrons. The molecule has 1 aromatic heterocycles. The second kappa shape index (κ2) is 8.96. The van der Waals surface area contributed by atoms with Crippen molar-refractivity contribution in [3.63, 3.8) is 0 Å². The minimum absolute atomic E-state index is 0.0681. The Bertz CT molecular complexity index is 569. The fourth-order valence-corrected chi connectivity index (χ4v) is 1.92. The summed E-state index contributed by atoms with van der Waals surface area (Å²) in [7, 11) is 1.66. The summed E-state index contributed by atoms with van der Waals surface area (Å²) in [5.74, 6) is 0.464. The quantitative estimate of drug-likeness (QED) is 0.682. The van der Waals surface area contributed by atoms with E-state index in [0.717, 1.165) is 12.1 Å². The van der Waals surface area contributed by atoms with Crippen LogP contribution in [-0.2, 0) is 16.0 Å². The number of methoxy groups -OCH3 is 1. The lowest BCUT2D eigenvalue weighted by Gasteiger charge is -2.05. The maximum atomic E-state index is 11.8. The van der Waals surface area contributed by atoms with E-state index in [-0.39, 0.29) is 12.3 Å². The Hall–Kier alpha value is -2.18. The van der Waals surface area contributed by atoms with Gasteiger partial charge in [-0.2, -0.15) is 0 Å². The lowest BCUT2D eigenvalue weighted by molar-refractivity contribution is -0.120. The normalized spacial score (nSPS) is 10.6. The lowest BCUT2D eigenvalue weighted by Crippen LogP contribution is -2.33. The fourth-order valence-electron chi connectivity index (χ4n) is 1.92. The Morgan fingerprint density at radius 1 is 1.23 bits per heavy atom. The van der Waals surface area contributed by atoms with Crippen molar-refractivity contribution in [2.24, 2.45) is 0 Å². The van der Waals surface area contributed by atoms with Crippen LogP contribution in [0.4, 0.5) is 0 Å². The summed E-state index contributed by atoms with van der Waals surface area (Å²) >= 11 is 0. The summed E-state index contributed by atoms with van der Waals surface area (Å²) in [6.45, 7) is 2.72. The molecule has 22 heavy (non-hydrogen) atoms. The molecule has 2 aromatic rings. The van der Waals surface area contributed by atoms with Gasteiger partial charge in [0.25, 0.3) is 0 Å². The standard InChI is InChI=1S/C16H21N3O3/c1-21-10-9-17-7-8-18-15(20)11-14-12-22-16(19-14)13-5-3-2-4-6-13/h2-6,12,17H,7-11H2,1H3,(H,18,20). The van der Waals surface area contributed by atoms with Crippen LogP contribution in [-0.4, -0.2) is 44.2 Å². The van der Waals surface area contributed by atoms with E-state index in [0.29, 0.717) is 31.3 Å². The molecule has 0 radical (unpaired) electrons. The molecule has 2 N–H and O–H groups in total. The molecule has 0 aliphatic heterocycles. The van der Waals surface area contributed by atoms with Gasteiger partial charge >= 0.3 is 0 Å². The second-order valence-electron chi connectivity index (χ2n) is 4.78. The van der Waals surface area contributed by atoms with Crippen LogP contribution >= 0.6 is 0 Å². The van der Waals surface area contributed by atoms with E-state index in [1.54, 1.807) is 7.11 Å². The maximum Gasteiger partial charge on any atom is 0.226 e. The number of benzene rings is 1. The maximum absolute atomic E-state index is 11.8. The molecule has 0 spiro atoms. The first-order valence-corrected chi connectivity index (χ1v) is 7.26. The molecular weight excluding hydrogens is 282 g/mol. The van der Waals surface area contributed by atoms with Gasteiger partial charge in [-0.1, -0.05) is 18.2 Å². The Kier molecular flexibility index (Phi) is 6.60. The highest BCUT2D eigenvalue weighted by Gasteiger charge is 2.09. The average molecular weight is 303 g/mol. The predicted octanol–water partition coefficient (Wildman–Crippen LogP) is 1.24. The Morgan fingerprint density at radius 2 is 2.05 bits per heavy atom. The van der Waals surface area contributed by atoms with Crippen molar-refractivity contribution >= 4 is 5.91 Å². The Balaban J connectivity index is 1.72. The van der Waals surface area contributed by atoms with E-state index in [9.17, 15) is 4.79 Å². The molecule has 0 aliphatic carbocycles. The molecule has 0 saturated heterocycles. The number of hydrogen-bond acceptors (Lipinski definition) is 5. The zero-order chi connectivity index (χ0) is 15.6. The van der Waals surface area contributed by atoms with Gasteiger partial charge in [-0.15, -0.1) is 0 Å². The molecule has 0 fully saturated rings. The molecule has 0 bridgehead atoms. The molecule has 1 heterocycles. The van der Waals surface area contributed by atoms with Crippen LogP contribution in [0.3, 0.4) is 0 Å². The molecule has 0 saturated carbocycles. The van der Waals surface area contributed by atoms with Gasteiger partial charge in [0.15, 0.2) is 0 Å². The molecule has 0 aliphatic rings. The van der Waals surface area contributed by atoms with Gasteiger partial charge in [0.2, 0.25) is 11.8 Å². The third-order valence-electron chi connectivity index (χ3n) is 3.02. The van der Waals surface area contributed by atoms with E-state index < -0.39 is 0 Å². The minimum Gasteiger partial charge on any atom is -0.444 e. The number of carbonyl (C=O) groups excluding carboxylic acids is 1. The van der Waals surface area contributed by atoms with Gasteiger partial charge < -0.3 is 19.8 Å². The van der Waals surface area contributed by atoms with Crippen LogP contribution in [0.5, 0.6) is 0 Å². The van der Waals surface area contributed by atoms with Gasteiger partial charge in [-0.25, -0.2) is 4.98 Å². The zero-order valence-corrected chi connectivity index (χ0v) is 12.7. The van der Waals surface area contributed by atoms with Crippen LogP contribution in [0.1, 0.15) is 5.69 Å². The summed E-state index contributed by atoms with van der Waals surface area (Å²) < 4.78 is 10.3. The molecular formula is C16H21N3O3. The van der Waals surface area contributed by atoms with Crippen molar-refractivity contribution in [3.8, 4) is 11.5 Å². The van der Waals surface area contributed by atoms with Gasteiger partial charge in [0, 0.05) is 32.3 Å². The number of nitrogens with zero attached hydrogens (tertiary/aromatic N) is 1. The number of hydrogen-bond donors (Lipinski definition) is 2. The molecule has 1 amide bonds. The summed E-state index contributed by atoms with van der Waals surface area (Å²) in [6, 6.07) is 9.61. The number of ether oxygens (including phenoxy) is 1. The number of oxazole rings is 1. The topological polar surface area (TPSA) is 76.4 Å². The number of carbonyl (C=O) groups is 1. The van der Waals surface area contributed by atoms with Crippen LogP contribution in [0, 0.1) is 0 Å². The van der Waals surface area contributed by atoms with Crippen LogP contribution < -0.4 is 10.6 Å². The number of aromatic nitrogens is 1. The van der Waals surface area contributed by atoms with Crippen molar-refractivity contribution in [1.29, 1.82) is 0 Å². The fraction of sp³-hybridized carbons (Fsp3) is 0.375. The minimum atomic E-state index is -0.0681. The van der Waals surface area contributed by atoms with Crippen molar-refractivity contribution in [3.05, 3.63) is 42.3 Å². The van der Waals surface area contributed by atoms with E-state index in [4.69, 9.17) is 9.15 Å². The zero-order valence-electron chi connectivity index (χ0n) is 12.7. The highest BCUT2D eigenvalue weighted by Crippen LogP contribution is 2.17. The molecule has 1 aromatic carbocycles. The third-order valence-corrected chi connectivity index (χ3v) is 3.02. The van der Waals surface area contributed by atoms with Crippen molar-refractivity contribution in [2.45, 2.75) is 6.42 Å². The van der Waals surface area contributed by atoms with Crippen LogP contribution in [0.15, 0.2) is 41.0 Å². The van der Waals surface area contributed by atoms with Crippen LogP contribution in [0.2, 0.25) is 0 Å². The smallest absolute Gasteiger partial charge is 0.226 e. The summed E-state index contributed by atoms with van der Waals surface area (Å²) in [5, 5.41) is 5.99. The van der Waals surface area contributed by atoms with Crippen molar-refractivity contribution in [2.75, 3.05) is 33.4 Å². The number of nitrogens with one attached hydrogen (secondary N) is 2. The SMILES string of the molecule is COCCNCCNC(=O)Cc1coc(-c2ccccc2)n1. The lowest BCUT2D eigenvalue weighted by atomic mass is 10.2. The number of rotatable bonds is 9. The molecule has 2 rings (SSSR count). The first-order chi connectivity index (χ1) is 10.8. The largest absolute Gasteiger partial charge is 0.444 e. The first-order valence-electron chi connectivity index (χ1n) is 7.26. The van der Waals surface area contributed by atoms with Crippen molar-refractivity contribution < 1.29 is 13.9 Å². The highest BCUT2D eigenvalue weighted by atomic mass is 16.5. The Labute approximate surface area is 129 Å². The van der Waals surface area contributed by atoms with E-state index in [2.05, 4.69) is 15.6 Å². The van der Waals surface area contributed by atoms with Gasteiger partial charge in [-0.05, 0) is 12.1 Å². The average Bonchev–Trinajstić information content (AvgIpc) is 3.00. The number of amides is 1. The monoisotopic (exact) mass is 303 g/mol. The molecule has 6 nitrogen and oxygen atoms in total. The molecule has 6 heteroatoms. The second-order valence-corrected chi connectivity index (χ2v) is 4.78. The third kappa shape index (κ3) is 5.31. The molecule has 0 atom stereocenters.